The minimum Gasteiger partial charge on any atom is -0.212 e. The fourth-order valence-electron chi connectivity index (χ4n) is 2.05. The van der Waals surface area contributed by atoms with E-state index in [2.05, 4.69) is 27.7 Å². The second kappa shape index (κ2) is 4.65. The van der Waals surface area contributed by atoms with Gasteiger partial charge >= 0.3 is 0 Å². The maximum absolute atomic E-state index is 12.0. The molecule has 1 aliphatic carbocycles. The number of nitrogens with zero attached hydrogens (tertiary/aromatic N) is 1. The van der Waals surface area contributed by atoms with Gasteiger partial charge in [-0.15, -0.1) is 0 Å². The summed E-state index contributed by atoms with van der Waals surface area (Å²) in [7, 11) is -1.27. The second-order valence-corrected chi connectivity index (χ2v) is 8.32. The summed E-state index contributed by atoms with van der Waals surface area (Å²) in [6.45, 7) is 9.32. The number of sulfonamides is 1. The summed E-state index contributed by atoms with van der Waals surface area (Å²) in [4.78, 5) is 0. The first-order chi connectivity index (χ1) is 7.19. The number of hydrogen-bond acceptors (Lipinski definition) is 2. The maximum atomic E-state index is 12.0. The molecule has 0 N–H and O–H groups in total. The molecule has 1 saturated carbocycles. The van der Waals surface area contributed by atoms with Crippen LogP contribution < -0.4 is 0 Å². The molecule has 1 fully saturated rings. The van der Waals surface area contributed by atoms with Gasteiger partial charge in [0.25, 0.3) is 0 Å². The monoisotopic (exact) mass is 247 g/mol. The van der Waals surface area contributed by atoms with Gasteiger partial charge in [-0.05, 0) is 24.2 Å². The molecule has 96 valence electrons. The van der Waals surface area contributed by atoms with Gasteiger partial charge in [0.05, 0.1) is 5.25 Å². The Labute approximate surface area is 100 Å². The van der Waals surface area contributed by atoms with Gasteiger partial charge in [0.1, 0.15) is 0 Å². The predicted molar refractivity (Wildman–Crippen MR) is 67.8 cm³/mol. The average molecular weight is 247 g/mol. The van der Waals surface area contributed by atoms with Crippen molar-refractivity contribution >= 4 is 10.0 Å². The Balaban J connectivity index is 2.65. The van der Waals surface area contributed by atoms with Crippen LogP contribution in [0.3, 0.4) is 0 Å². The van der Waals surface area contributed by atoms with E-state index >= 15 is 0 Å². The van der Waals surface area contributed by atoms with Crippen LogP contribution in [0.25, 0.3) is 0 Å². The normalized spacial score (nSPS) is 20.1. The van der Waals surface area contributed by atoms with E-state index < -0.39 is 10.0 Å². The van der Waals surface area contributed by atoms with Gasteiger partial charge in [-0.1, -0.05) is 34.1 Å². The van der Waals surface area contributed by atoms with E-state index in [1.165, 1.54) is 0 Å². The Morgan fingerprint density at radius 1 is 1.31 bits per heavy atom. The topological polar surface area (TPSA) is 37.4 Å². The van der Waals surface area contributed by atoms with Gasteiger partial charge < -0.3 is 0 Å². The highest BCUT2D eigenvalue weighted by atomic mass is 32.2. The Morgan fingerprint density at radius 3 is 2.12 bits per heavy atom. The smallest absolute Gasteiger partial charge is 0.212 e. The summed E-state index contributed by atoms with van der Waals surface area (Å²) >= 11 is 0. The van der Waals surface area contributed by atoms with Crippen molar-refractivity contribution in [3.05, 3.63) is 0 Å². The van der Waals surface area contributed by atoms with Crippen molar-refractivity contribution in [2.45, 2.75) is 52.2 Å². The predicted octanol–water partition coefficient (Wildman–Crippen LogP) is 2.48. The molecule has 1 aliphatic rings. The Hall–Kier alpha value is -0.0900. The largest absolute Gasteiger partial charge is 0.216 e. The van der Waals surface area contributed by atoms with Gasteiger partial charge in [-0.3, -0.25) is 0 Å². The molecule has 0 aromatic carbocycles. The molecule has 0 bridgehead atoms. The van der Waals surface area contributed by atoms with Crippen molar-refractivity contribution in [3.63, 3.8) is 0 Å². The standard InChI is InChI=1S/C12H25NO2S/c1-6-10(12(2,3)4)9-13(5)16(14,15)11-7-8-11/h10-11H,6-9H2,1-5H3/t10-/m0/s1. The van der Waals surface area contributed by atoms with Crippen LogP contribution in [0.4, 0.5) is 0 Å². The van der Waals surface area contributed by atoms with Gasteiger partial charge in [-0.25, -0.2) is 12.7 Å². The molecular formula is C12H25NO2S. The third-order valence-electron chi connectivity index (χ3n) is 3.58. The third-order valence-corrected chi connectivity index (χ3v) is 5.91. The maximum Gasteiger partial charge on any atom is 0.216 e. The summed E-state index contributed by atoms with van der Waals surface area (Å²) in [5.41, 5.74) is 0.169. The Bertz CT molecular complexity index is 325. The zero-order chi connectivity index (χ0) is 12.6. The lowest BCUT2D eigenvalue weighted by atomic mass is 9.79. The lowest BCUT2D eigenvalue weighted by Crippen LogP contribution is -2.38. The van der Waals surface area contributed by atoms with Crippen LogP contribution in [0.2, 0.25) is 0 Å². The molecule has 0 saturated heterocycles. The highest BCUT2D eigenvalue weighted by molar-refractivity contribution is 7.90. The molecule has 1 atom stereocenters. The molecule has 1 rings (SSSR count). The van der Waals surface area contributed by atoms with Gasteiger partial charge in [-0.2, -0.15) is 0 Å². The summed E-state index contributed by atoms with van der Waals surface area (Å²) < 4.78 is 25.6. The van der Waals surface area contributed by atoms with E-state index in [1.54, 1.807) is 11.4 Å². The SMILES string of the molecule is CC[C@@H](CN(C)S(=O)(=O)C1CC1)C(C)(C)C. The molecule has 0 aromatic rings. The highest BCUT2D eigenvalue weighted by Crippen LogP contribution is 2.33. The molecular weight excluding hydrogens is 222 g/mol. The van der Waals surface area contributed by atoms with E-state index in [9.17, 15) is 8.42 Å². The van der Waals surface area contributed by atoms with Gasteiger partial charge in [0.15, 0.2) is 0 Å². The molecule has 0 heterocycles. The van der Waals surface area contributed by atoms with Crippen molar-refractivity contribution in [1.29, 1.82) is 0 Å². The van der Waals surface area contributed by atoms with E-state index in [0.717, 1.165) is 19.3 Å². The van der Waals surface area contributed by atoms with Crippen molar-refractivity contribution in [2.75, 3.05) is 13.6 Å². The van der Waals surface area contributed by atoms with Gasteiger partial charge in [0, 0.05) is 13.6 Å². The number of hydrogen-bond donors (Lipinski definition) is 0. The Morgan fingerprint density at radius 2 is 1.81 bits per heavy atom. The van der Waals surface area contributed by atoms with Crippen LogP contribution in [0, 0.1) is 11.3 Å². The third kappa shape index (κ3) is 3.20. The van der Waals surface area contributed by atoms with Crippen molar-refractivity contribution in [1.82, 2.24) is 4.31 Å². The van der Waals surface area contributed by atoms with E-state index in [4.69, 9.17) is 0 Å². The van der Waals surface area contributed by atoms with Crippen LogP contribution in [-0.4, -0.2) is 31.6 Å². The van der Waals surface area contributed by atoms with E-state index in [0.29, 0.717) is 12.5 Å². The molecule has 0 aliphatic heterocycles. The number of rotatable bonds is 5. The van der Waals surface area contributed by atoms with Crippen LogP contribution in [0.15, 0.2) is 0 Å². The fourth-order valence-corrected chi connectivity index (χ4v) is 3.68. The molecule has 0 amide bonds. The van der Waals surface area contributed by atoms with Crippen LogP contribution in [0.5, 0.6) is 0 Å². The van der Waals surface area contributed by atoms with Crippen LogP contribution in [-0.2, 0) is 10.0 Å². The highest BCUT2D eigenvalue weighted by Gasteiger charge is 2.39. The van der Waals surface area contributed by atoms with E-state index in [1.807, 2.05) is 0 Å². The summed E-state index contributed by atoms with van der Waals surface area (Å²) in [6.07, 6.45) is 2.71. The van der Waals surface area contributed by atoms with Crippen molar-refractivity contribution in [3.8, 4) is 0 Å². The minimum absolute atomic E-state index is 0.0880. The molecule has 4 heteroatoms. The second-order valence-electron chi connectivity index (χ2n) is 6.00. The first-order valence-electron chi connectivity index (χ1n) is 6.14. The quantitative estimate of drug-likeness (QED) is 0.748. The molecule has 0 radical (unpaired) electrons. The molecule has 0 aromatic heterocycles. The minimum atomic E-state index is -3.00. The molecule has 16 heavy (non-hydrogen) atoms. The lowest BCUT2D eigenvalue weighted by Gasteiger charge is -2.33. The Kier molecular flexibility index (Phi) is 4.06. The zero-order valence-electron chi connectivity index (χ0n) is 11.2. The van der Waals surface area contributed by atoms with E-state index in [-0.39, 0.29) is 10.7 Å². The molecule has 3 nitrogen and oxygen atoms in total. The first-order valence-corrected chi connectivity index (χ1v) is 7.65. The summed E-state index contributed by atoms with van der Waals surface area (Å²) in [5, 5.41) is -0.0880. The average Bonchev–Trinajstić information content (AvgIpc) is 2.94. The summed E-state index contributed by atoms with van der Waals surface area (Å²) in [5.74, 6) is 0.422. The zero-order valence-corrected chi connectivity index (χ0v) is 12.0. The van der Waals surface area contributed by atoms with Crippen molar-refractivity contribution in [2.24, 2.45) is 11.3 Å². The van der Waals surface area contributed by atoms with Crippen LogP contribution in [0.1, 0.15) is 47.0 Å². The van der Waals surface area contributed by atoms with Gasteiger partial charge in [0.2, 0.25) is 10.0 Å². The van der Waals surface area contributed by atoms with Crippen LogP contribution >= 0.6 is 0 Å². The first kappa shape index (κ1) is 14.0. The molecule has 0 unspecified atom stereocenters. The fraction of sp³-hybridized carbons (Fsp3) is 1.00. The molecule has 0 spiro atoms. The van der Waals surface area contributed by atoms with Crippen molar-refractivity contribution < 1.29 is 8.42 Å². The summed E-state index contributed by atoms with van der Waals surface area (Å²) in [6, 6.07) is 0. The lowest BCUT2D eigenvalue weighted by molar-refractivity contribution is 0.200.